The Bertz CT molecular complexity index is 716. The third-order valence-corrected chi connectivity index (χ3v) is 4.48. The molecule has 0 aliphatic carbocycles. The molecule has 1 aromatic carbocycles. The van der Waals surface area contributed by atoms with Crippen LogP contribution in [0.15, 0.2) is 30.6 Å². The first-order valence-electron chi connectivity index (χ1n) is 8.74. The number of likely N-dealkylation sites (N-methyl/N-ethyl adjacent to an activating group) is 1. The Morgan fingerprint density at radius 3 is 2.20 bits per heavy atom. The Labute approximate surface area is 148 Å². The van der Waals surface area contributed by atoms with Crippen LogP contribution < -0.4 is 10.2 Å². The fourth-order valence-electron chi connectivity index (χ4n) is 3.12. The van der Waals surface area contributed by atoms with E-state index in [9.17, 15) is 4.79 Å². The van der Waals surface area contributed by atoms with Gasteiger partial charge < -0.3 is 15.1 Å². The Hall–Kier alpha value is -2.47. The molecule has 0 bridgehead atoms. The normalized spacial score (nSPS) is 15.2. The van der Waals surface area contributed by atoms with Crippen molar-refractivity contribution in [3.8, 4) is 0 Å². The van der Waals surface area contributed by atoms with Gasteiger partial charge in [0.2, 0.25) is 5.95 Å². The molecule has 1 aliphatic heterocycles. The summed E-state index contributed by atoms with van der Waals surface area (Å²) in [5.41, 5.74) is 3.50. The van der Waals surface area contributed by atoms with Gasteiger partial charge in [0.05, 0.1) is 5.56 Å². The van der Waals surface area contributed by atoms with Gasteiger partial charge >= 0.3 is 0 Å². The van der Waals surface area contributed by atoms with Crippen molar-refractivity contribution in [2.45, 2.75) is 20.8 Å². The summed E-state index contributed by atoms with van der Waals surface area (Å²) in [6.07, 6.45) is 3.21. The number of rotatable bonds is 4. The average Bonchev–Trinajstić information content (AvgIpc) is 2.61. The van der Waals surface area contributed by atoms with Gasteiger partial charge in [-0.05, 0) is 43.7 Å². The van der Waals surface area contributed by atoms with E-state index in [1.54, 1.807) is 12.4 Å². The molecule has 0 saturated carbocycles. The molecular weight excluding hydrogens is 314 g/mol. The lowest BCUT2D eigenvalue weighted by Gasteiger charge is -2.33. The molecule has 0 spiro atoms. The Kier molecular flexibility index (Phi) is 5.28. The van der Waals surface area contributed by atoms with Crippen LogP contribution in [-0.4, -0.2) is 53.5 Å². The zero-order valence-corrected chi connectivity index (χ0v) is 15.1. The molecule has 1 N–H and O–H groups in total. The maximum absolute atomic E-state index is 12.4. The van der Waals surface area contributed by atoms with Gasteiger partial charge in [0.15, 0.2) is 0 Å². The van der Waals surface area contributed by atoms with Crippen molar-refractivity contribution < 1.29 is 4.79 Å². The van der Waals surface area contributed by atoms with E-state index < -0.39 is 0 Å². The number of piperazine rings is 1. The number of benzene rings is 1. The molecule has 1 aromatic heterocycles. The third-order valence-electron chi connectivity index (χ3n) is 4.48. The molecule has 0 atom stereocenters. The molecule has 25 heavy (non-hydrogen) atoms. The van der Waals surface area contributed by atoms with Crippen molar-refractivity contribution in [1.82, 2.24) is 14.9 Å². The molecule has 132 valence electrons. The molecule has 1 fully saturated rings. The first kappa shape index (κ1) is 17.4. The van der Waals surface area contributed by atoms with Crippen LogP contribution in [0.2, 0.25) is 0 Å². The van der Waals surface area contributed by atoms with Crippen molar-refractivity contribution >= 4 is 17.5 Å². The minimum absolute atomic E-state index is 0.188. The van der Waals surface area contributed by atoms with Gasteiger partial charge in [-0.15, -0.1) is 0 Å². The topological polar surface area (TPSA) is 61.4 Å². The second-order valence-electron chi connectivity index (χ2n) is 6.52. The number of hydrogen-bond donors (Lipinski definition) is 1. The van der Waals surface area contributed by atoms with E-state index in [4.69, 9.17) is 0 Å². The Balaban J connectivity index is 1.64. The number of aryl methyl sites for hydroxylation is 2. The minimum atomic E-state index is -0.188. The highest BCUT2D eigenvalue weighted by Gasteiger charge is 2.18. The van der Waals surface area contributed by atoms with Gasteiger partial charge in [0.25, 0.3) is 5.91 Å². The summed E-state index contributed by atoms with van der Waals surface area (Å²) in [6, 6.07) is 5.98. The maximum Gasteiger partial charge on any atom is 0.258 e. The van der Waals surface area contributed by atoms with Gasteiger partial charge in [-0.2, -0.15) is 0 Å². The molecule has 0 radical (unpaired) electrons. The second-order valence-corrected chi connectivity index (χ2v) is 6.52. The Morgan fingerprint density at radius 2 is 1.64 bits per heavy atom. The van der Waals surface area contributed by atoms with E-state index in [0.29, 0.717) is 11.5 Å². The van der Waals surface area contributed by atoms with Crippen molar-refractivity contribution in [3.63, 3.8) is 0 Å². The number of aromatic nitrogens is 2. The maximum atomic E-state index is 12.4. The smallest absolute Gasteiger partial charge is 0.258 e. The van der Waals surface area contributed by atoms with E-state index in [0.717, 1.165) is 49.5 Å². The van der Waals surface area contributed by atoms with Crippen LogP contribution in [0.3, 0.4) is 0 Å². The zero-order chi connectivity index (χ0) is 17.8. The van der Waals surface area contributed by atoms with Gasteiger partial charge in [-0.1, -0.05) is 13.0 Å². The van der Waals surface area contributed by atoms with E-state index in [-0.39, 0.29) is 5.91 Å². The summed E-state index contributed by atoms with van der Waals surface area (Å²) < 4.78 is 0. The van der Waals surface area contributed by atoms with Crippen LogP contribution in [0.4, 0.5) is 11.6 Å². The number of nitrogens with one attached hydrogen (secondary N) is 1. The van der Waals surface area contributed by atoms with Crippen LogP contribution in [0.25, 0.3) is 0 Å². The van der Waals surface area contributed by atoms with Gasteiger partial charge in [0.1, 0.15) is 0 Å². The summed E-state index contributed by atoms with van der Waals surface area (Å²) in [5, 5.41) is 2.91. The van der Waals surface area contributed by atoms with Crippen molar-refractivity contribution in [1.29, 1.82) is 0 Å². The van der Waals surface area contributed by atoms with E-state index in [1.807, 2.05) is 26.0 Å². The number of amides is 1. The minimum Gasteiger partial charge on any atom is -0.338 e. The predicted octanol–water partition coefficient (Wildman–Crippen LogP) is 2.49. The average molecular weight is 339 g/mol. The lowest BCUT2D eigenvalue weighted by molar-refractivity contribution is 0.102. The number of anilines is 2. The molecule has 1 aliphatic rings. The standard InChI is InChI=1S/C19H25N5O/c1-4-23-5-7-24(8-6-23)19-20-12-16(13-21-19)18(25)22-17-10-14(2)9-15(3)11-17/h9-13H,4-8H2,1-3H3,(H,22,25). The van der Waals surface area contributed by atoms with Crippen LogP contribution in [0, 0.1) is 13.8 Å². The van der Waals surface area contributed by atoms with E-state index >= 15 is 0 Å². The number of hydrogen-bond acceptors (Lipinski definition) is 5. The van der Waals surface area contributed by atoms with Crippen LogP contribution >= 0.6 is 0 Å². The molecule has 2 aromatic rings. The fraction of sp³-hybridized carbons (Fsp3) is 0.421. The summed E-state index contributed by atoms with van der Waals surface area (Å²) in [5.74, 6) is 0.506. The number of nitrogens with zero attached hydrogens (tertiary/aromatic N) is 4. The highest BCUT2D eigenvalue weighted by molar-refractivity contribution is 6.04. The van der Waals surface area contributed by atoms with Crippen LogP contribution in [0.5, 0.6) is 0 Å². The fourth-order valence-corrected chi connectivity index (χ4v) is 3.12. The summed E-state index contributed by atoms with van der Waals surface area (Å²) in [7, 11) is 0. The van der Waals surface area contributed by atoms with Crippen molar-refractivity contribution in [2.75, 3.05) is 42.9 Å². The van der Waals surface area contributed by atoms with Gasteiger partial charge in [-0.25, -0.2) is 9.97 Å². The lowest BCUT2D eigenvalue weighted by atomic mass is 10.1. The molecule has 1 amide bonds. The molecular formula is C19H25N5O. The quantitative estimate of drug-likeness (QED) is 0.927. The van der Waals surface area contributed by atoms with E-state index in [1.165, 1.54) is 0 Å². The first-order chi connectivity index (χ1) is 12.0. The summed E-state index contributed by atoms with van der Waals surface area (Å²) >= 11 is 0. The highest BCUT2D eigenvalue weighted by atomic mass is 16.1. The number of carbonyl (C=O) groups is 1. The van der Waals surface area contributed by atoms with Crippen LogP contribution in [-0.2, 0) is 0 Å². The van der Waals surface area contributed by atoms with Crippen molar-refractivity contribution in [3.05, 3.63) is 47.3 Å². The highest BCUT2D eigenvalue weighted by Crippen LogP contribution is 2.15. The van der Waals surface area contributed by atoms with E-state index in [2.05, 4.69) is 38.1 Å². The molecule has 6 nitrogen and oxygen atoms in total. The Morgan fingerprint density at radius 1 is 1.04 bits per heavy atom. The predicted molar refractivity (Wildman–Crippen MR) is 100 cm³/mol. The molecule has 6 heteroatoms. The van der Waals surface area contributed by atoms with Gasteiger partial charge in [0, 0.05) is 44.3 Å². The lowest BCUT2D eigenvalue weighted by Crippen LogP contribution is -2.46. The van der Waals surface area contributed by atoms with Crippen LogP contribution in [0.1, 0.15) is 28.4 Å². The molecule has 3 rings (SSSR count). The molecule has 1 saturated heterocycles. The third kappa shape index (κ3) is 4.33. The molecule has 0 unspecified atom stereocenters. The first-order valence-corrected chi connectivity index (χ1v) is 8.74. The molecule has 2 heterocycles. The monoisotopic (exact) mass is 339 g/mol. The zero-order valence-electron chi connectivity index (χ0n) is 15.1. The summed E-state index contributed by atoms with van der Waals surface area (Å²) in [4.78, 5) is 25.7. The SMILES string of the molecule is CCN1CCN(c2ncc(C(=O)Nc3cc(C)cc(C)c3)cn2)CC1. The van der Waals surface area contributed by atoms with Crippen molar-refractivity contribution in [2.24, 2.45) is 0 Å². The van der Waals surface area contributed by atoms with Gasteiger partial charge in [-0.3, -0.25) is 4.79 Å². The summed E-state index contributed by atoms with van der Waals surface area (Å²) in [6.45, 7) is 11.2. The largest absolute Gasteiger partial charge is 0.338 e. The second kappa shape index (κ2) is 7.61. The number of carbonyl (C=O) groups excluding carboxylic acids is 1.